The Morgan fingerprint density at radius 1 is 1.29 bits per heavy atom. The predicted molar refractivity (Wildman–Crippen MR) is 99.5 cm³/mol. The molecule has 0 bridgehead atoms. The number of methoxy groups -OCH3 is 1. The van der Waals surface area contributed by atoms with Gasteiger partial charge in [-0.05, 0) is 48.1 Å². The molecule has 0 aliphatic carbocycles. The van der Waals surface area contributed by atoms with Crippen molar-refractivity contribution in [2.45, 2.75) is 12.5 Å². The van der Waals surface area contributed by atoms with Crippen LogP contribution in [0.5, 0.6) is 5.75 Å². The largest absolute Gasteiger partial charge is 0.497 e. The van der Waals surface area contributed by atoms with E-state index < -0.39 is 0 Å². The van der Waals surface area contributed by atoms with Crippen molar-refractivity contribution in [2.75, 3.05) is 23.5 Å². The van der Waals surface area contributed by atoms with Crippen LogP contribution in [0.4, 0.5) is 5.82 Å². The number of anilines is 1. The van der Waals surface area contributed by atoms with Crippen molar-refractivity contribution in [1.29, 1.82) is 0 Å². The van der Waals surface area contributed by atoms with Gasteiger partial charge in [-0.25, -0.2) is 4.98 Å². The molecule has 1 atom stereocenters. The van der Waals surface area contributed by atoms with Crippen LogP contribution >= 0.6 is 11.8 Å². The van der Waals surface area contributed by atoms with E-state index in [1.807, 2.05) is 65.2 Å². The number of carbonyl (C=O) groups is 1. The van der Waals surface area contributed by atoms with Crippen LogP contribution in [0.3, 0.4) is 0 Å². The number of nitrogens with zero attached hydrogens (tertiary/aromatic N) is 2. The molecular weight excluding hydrogens is 320 g/mol. The standard InChI is InChI=1S/C19H20N2O2S/c1-23-17-8-5-15(6-9-17)7-10-19(22)21(16-11-13-24-14-16)18-4-2-3-12-20-18/h2-10,12,16H,11,13-14H2,1H3/b10-7+. The number of rotatable bonds is 5. The van der Waals surface area contributed by atoms with Gasteiger partial charge in [-0.1, -0.05) is 18.2 Å². The first kappa shape index (κ1) is 16.6. The van der Waals surface area contributed by atoms with Crippen molar-refractivity contribution >= 4 is 29.6 Å². The zero-order valence-electron chi connectivity index (χ0n) is 13.6. The Labute approximate surface area is 146 Å². The van der Waals surface area contributed by atoms with Crippen molar-refractivity contribution in [3.05, 3.63) is 60.3 Å². The summed E-state index contributed by atoms with van der Waals surface area (Å²) < 4.78 is 5.15. The van der Waals surface area contributed by atoms with Crippen LogP contribution in [-0.4, -0.2) is 35.5 Å². The Morgan fingerprint density at radius 2 is 2.12 bits per heavy atom. The van der Waals surface area contributed by atoms with E-state index >= 15 is 0 Å². The molecule has 2 heterocycles. The Morgan fingerprint density at radius 3 is 2.75 bits per heavy atom. The number of pyridine rings is 1. The number of hydrogen-bond acceptors (Lipinski definition) is 4. The summed E-state index contributed by atoms with van der Waals surface area (Å²) in [5, 5.41) is 0. The number of amides is 1. The lowest BCUT2D eigenvalue weighted by molar-refractivity contribution is -0.114. The monoisotopic (exact) mass is 340 g/mol. The molecule has 1 amide bonds. The normalized spacial score (nSPS) is 17.1. The average Bonchev–Trinajstić information content (AvgIpc) is 3.15. The van der Waals surface area contributed by atoms with Crippen LogP contribution in [-0.2, 0) is 4.79 Å². The molecule has 1 fully saturated rings. The highest BCUT2D eigenvalue weighted by atomic mass is 32.2. The fourth-order valence-electron chi connectivity index (χ4n) is 2.66. The van der Waals surface area contributed by atoms with Gasteiger partial charge in [-0.2, -0.15) is 11.8 Å². The lowest BCUT2D eigenvalue weighted by Gasteiger charge is -2.26. The molecule has 4 nitrogen and oxygen atoms in total. The summed E-state index contributed by atoms with van der Waals surface area (Å²) in [6.45, 7) is 0. The minimum atomic E-state index is -0.0305. The third kappa shape index (κ3) is 3.97. The molecule has 1 aromatic heterocycles. The van der Waals surface area contributed by atoms with Crippen molar-refractivity contribution < 1.29 is 9.53 Å². The van der Waals surface area contributed by atoms with Gasteiger partial charge < -0.3 is 4.74 Å². The van der Waals surface area contributed by atoms with E-state index in [2.05, 4.69) is 4.98 Å². The highest BCUT2D eigenvalue weighted by Gasteiger charge is 2.27. The Balaban J connectivity index is 1.79. The highest BCUT2D eigenvalue weighted by Crippen LogP contribution is 2.26. The molecule has 1 aromatic carbocycles. The van der Waals surface area contributed by atoms with Gasteiger partial charge in [0.05, 0.1) is 7.11 Å². The molecule has 1 unspecified atom stereocenters. The average molecular weight is 340 g/mol. The molecule has 0 N–H and O–H groups in total. The molecule has 1 aliphatic heterocycles. The molecule has 2 aromatic rings. The van der Waals surface area contributed by atoms with Crippen LogP contribution in [0.1, 0.15) is 12.0 Å². The van der Waals surface area contributed by atoms with Crippen LogP contribution in [0.15, 0.2) is 54.7 Å². The van der Waals surface area contributed by atoms with Gasteiger partial charge in [-0.3, -0.25) is 9.69 Å². The Kier molecular flexibility index (Phi) is 5.54. The molecule has 24 heavy (non-hydrogen) atoms. The highest BCUT2D eigenvalue weighted by molar-refractivity contribution is 7.99. The molecule has 0 saturated carbocycles. The maximum absolute atomic E-state index is 12.8. The van der Waals surface area contributed by atoms with Gasteiger partial charge in [0.25, 0.3) is 5.91 Å². The van der Waals surface area contributed by atoms with E-state index in [4.69, 9.17) is 4.74 Å². The predicted octanol–water partition coefficient (Wildman–Crippen LogP) is 3.64. The van der Waals surface area contributed by atoms with Gasteiger partial charge in [-0.15, -0.1) is 0 Å². The number of aromatic nitrogens is 1. The summed E-state index contributed by atoms with van der Waals surface area (Å²) in [5.74, 6) is 3.53. The molecular formula is C19H20N2O2S. The van der Waals surface area contributed by atoms with Crippen molar-refractivity contribution in [3.8, 4) is 5.75 Å². The van der Waals surface area contributed by atoms with Gasteiger partial charge in [0, 0.05) is 24.1 Å². The zero-order valence-corrected chi connectivity index (χ0v) is 14.4. The maximum atomic E-state index is 12.8. The first-order valence-corrected chi connectivity index (χ1v) is 9.07. The lowest BCUT2D eigenvalue weighted by atomic mass is 10.1. The quantitative estimate of drug-likeness (QED) is 0.779. The van der Waals surface area contributed by atoms with Crippen molar-refractivity contribution in [2.24, 2.45) is 0 Å². The van der Waals surface area contributed by atoms with Gasteiger partial charge in [0.2, 0.25) is 0 Å². The molecule has 5 heteroatoms. The SMILES string of the molecule is COc1ccc(/C=C/C(=O)N(c2ccccn2)C2CCSC2)cc1. The van der Waals surface area contributed by atoms with Crippen LogP contribution in [0.2, 0.25) is 0 Å². The summed E-state index contributed by atoms with van der Waals surface area (Å²) in [6, 6.07) is 13.5. The number of benzene rings is 1. The Bertz CT molecular complexity index is 695. The third-order valence-corrected chi connectivity index (χ3v) is 5.08. The lowest BCUT2D eigenvalue weighted by Crippen LogP contribution is -2.40. The van der Waals surface area contributed by atoms with Crippen molar-refractivity contribution in [1.82, 2.24) is 4.98 Å². The fraction of sp³-hybridized carbons (Fsp3) is 0.263. The molecule has 0 radical (unpaired) electrons. The molecule has 3 rings (SSSR count). The van der Waals surface area contributed by atoms with Gasteiger partial charge in [0.1, 0.15) is 11.6 Å². The molecule has 1 saturated heterocycles. The second-order valence-corrected chi connectivity index (χ2v) is 6.67. The van der Waals surface area contributed by atoms with Crippen LogP contribution < -0.4 is 9.64 Å². The van der Waals surface area contributed by atoms with E-state index in [0.717, 1.165) is 35.1 Å². The third-order valence-electron chi connectivity index (χ3n) is 3.94. The van der Waals surface area contributed by atoms with E-state index in [1.165, 1.54) is 0 Å². The summed E-state index contributed by atoms with van der Waals surface area (Å²) in [5.41, 5.74) is 0.964. The Hall–Kier alpha value is -2.27. The first-order chi connectivity index (χ1) is 11.8. The molecule has 124 valence electrons. The number of thioether (sulfide) groups is 1. The smallest absolute Gasteiger partial charge is 0.252 e. The second kappa shape index (κ2) is 8.02. The fourth-order valence-corrected chi connectivity index (χ4v) is 3.86. The minimum absolute atomic E-state index is 0.0305. The summed E-state index contributed by atoms with van der Waals surface area (Å²) in [6.07, 6.45) is 6.19. The van der Waals surface area contributed by atoms with E-state index in [1.54, 1.807) is 19.4 Å². The van der Waals surface area contributed by atoms with E-state index in [-0.39, 0.29) is 11.9 Å². The van der Waals surface area contributed by atoms with Crippen LogP contribution in [0.25, 0.3) is 6.08 Å². The van der Waals surface area contributed by atoms with Crippen LogP contribution in [0, 0.1) is 0 Å². The second-order valence-electron chi connectivity index (χ2n) is 5.52. The van der Waals surface area contributed by atoms with E-state index in [0.29, 0.717) is 0 Å². The topological polar surface area (TPSA) is 42.4 Å². The summed E-state index contributed by atoms with van der Waals surface area (Å²) >= 11 is 1.88. The van der Waals surface area contributed by atoms with Gasteiger partial charge in [0.15, 0.2) is 0 Å². The number of hydrogen-bond donors (Lipinski definition) is 0. The molecule has 1 aliphatic rings. The number of carbonyl (C=O) groups excluding carboxylic acids is 1. The maximum Gasteiger partial charge on any atom is 0.252 e. The molecule has 0 spiro atoms. The first-order valence-electron chi connectivity index (χ1n) is 7.92. The van der Waals surface area contributed by atoms with Crippen molar-refractivity contribution in [3.63, 3.8) is 0 Å². The van der Waals surface area contributed by atoms with E-state index in [9.17, 15) is 4.79 Å². The van der Waals surface area contributed by atoms with Gasteiger partial charge >= 0.3 is 0 Å². The minimum Gasteiger partial charge on any atom is -0.497 e. The summed E-state index contributed by atoms with van der Waals surface area (Å²) in [4.78, 5) is 19.0. The zero-order chi connectivity index (χ0) is 16.8. The number of ether oxygens (including phenoxy) is 1. The summed E-state index contributed by atoms with van der Waals surface area (Å²) in [7, 11) is 1.64.